The second-order valence-electron chi connectivity index (χ2n) is 7.57. The Morgan fingerprint density at radius 2 is 2.07 bits per heavy atom. The molecule has 9 nitrogen and oxygen atoms in total. The Balaban J connectivity index is 1.70. The molecule has 1 aromatic rings. The molecule has 0 radical (unpaired) electrons. The summed E-state index contributed by atoms with van der Waals surface area (Å²) in [5, 5.41) is 8.61. The fraction of sp³-hybridized carbons (Fsp3) is 0.571. The summed E-state index contributed by atoms with van der Waals surface area (Å²) in [5.41, 5.74) is 0.746. The summed E-state index contributed by atoms with van der Waals surface area (Å²) in [6, 6.07) is 6.81. The Morgan fingerprint density at radius 3 is 2.77 bits per heavy atom. The summed E-state index contributed by atoms with van der Waals surface area (Å²) >= 11 is 0. The van der Waals surface area contributed by atoms with Crippen molar-refractivity contribution in [2.24, 2.45) is 11.8 Å². The zero-order valence-electron chi connectivity index (χ0n) is 17.3. The van der Waals surface area contributed by atoms with Crippen LogP contribution in [0.4, 0.5) is 0 Å². The van der Waals surface area contributed by atoms with Gasteiger partial charge in [-0.1, -0.05) is 25.1 Å². The van der Waals surface area contributed by atoms with Gasteiger partial charge in [-0.3, -0.25) is 14.4 Å². The van der Waals surface area contributed by atoms with Gasteiger partial charge < -0.3 is 30.2 Å². The first-order chi connectivity index (χ1) is 14.5. The van der Waals surface area contributed by atoms with Crippen molar-refractivity contribution in [3.8, 4) is 5.75 Å². The summed E-state index contributed by atoms with van der Waals surface area (Å²) in [7, 11) is 1.56. The van der Waals surface area contributed by atoms with Gasteiger partial charge in [0.15, 0.2) is 6.10 Å². The number of methoxy groups -OCH3 is 1. The number of rotatable bonds is 7. The maximum absolute atomic E-state index is 12.7. The minimum absolute atomic E-state index is 0.0413. The summed E-state index contributed by atoms with van der Waals surface area (Å²) < 4.78 is 16.2. The molecule has 2 aliphatic heterocycles. The SMILES string of the molecule is COc1ccccc1C(CNC(=O)C1CNC(=O)CC1C)NC(=O)C1COCCO1. The lowest BCUT2D eigenvalue weighted by Crippen LogP contribution is -2.50. The normalized spacial score (nSPS) is 25.0. The molecule has 0 aromatic heterocycles. The fourth-order valence-corrected chi connectivity index (χ4v) is 3.71. The number of carbonyl (C=O) groups excluding carboxylic acids is 3. The molecule has 4 unspecified atom stereocenters. The van der Waals surface area contributed by atoms with Crippen LogP contribution in [0.25, 0.3) is 0 Å². The fourth-order valence-electron chi connectivity index (χ4n) is 3.71. The lowest BCUT2D eigenvalue weighted by atomic mass is 9.87. The van der Waals surface area contributed by atoms with Crippen LogP contribution in [0.15, 0.2) is 24.3 Å². The van der Waals surface area contributed by atoms with Gasteiger partial charge in [-0.05, 0) is 12.0 Å². The molecule has 4 atom stereocenters. The van der Waals surface area contributed by atoms with E-state index in [0.717, 1.165) is 5.56 Å². The first kappa shape index (κ1) is 22.0. The lowest BCUT2D eigenvalue weighted by molar-refractivity contribution is -0.148. The minimum atomic E-state index is -0.694. The number of ether oxygens (including phenoxy) is 3. The summed E-state index contributed by atoms with van der Waals surface area (Å²) in [4.78, 5) is 36.9. The van der Waals surface area contributed by atoms with Gasteiger partial charge in [-0.25, -0.2) is 0 Å². The van der Waals surface area contributed by atoms with E-state index in [1.54, 1.807) is 13.2 Å². The summed E-state index contributed by atoms with van der Waals surface area (Å²) in [6.07, 6.45) is -0.371. The molecule has 2 saturated heterocycles. The molecule has 0 aliphatic carbocycles. The molecule has 9 heteroatoms. The zero-order valence-corrected chi connectivity index (χ0v) is 17.3. The van der Waals surface area contributed by atoms with E-state index in [2.05, 4.69) is 16.0 Å². The third-order valence-corrected chi connectivity index (χ3v) is 5.47. The van der Waals surface area contributed by atoms with Gasteiger partial charge in [0.2, 0.25) is 11.8 Å². The van der Waals surface area contributed by atoms with E-state index in [1.807, 2.05) is 25.1 Å². The second kappa shape index (κ2) is 10.4. The summed E-state index contributed by atoms with van der Waals surface area (Å²) in [5.74, 6) is -0.263. The van der Waals surface area contributed by atoms with Crippen molar-refractivity contribution in [3.05, 3.63) is 29.8 Å². The molecular formula is C21H29N3O6. The average molecular weight is 419 g/mol. The lowest BCUT2D eigenvalue weighted by Gasteiger charge is -2.30. The van der Waals surface area contributed by atoms with E-state index in [9.17, 15) is 14.4 Å². The van der Waals surface area contributed by atoms with Crippen LogP contribution in [0.5, 0.6) is 5.75 Å². The van der Waals surface area contributed by atoms with Gasteiger partial charge in [0.1, 0.15) is 5.75 Å². The van der Waals surface area contributed by atoms with Crippen molar-refractivity contribution < 1.29 is 28.6 Å². The molecule has 3 rings (SSSR count). The molecule has 2 fully saturated rings. The van der Waals surface area contributed by atoms with Crippen LogP contribution in [0, 0.1) is 11.8 Å². The van der Waals surface area contributed by atoms with Gasteiger partial charge in [0.25, 0.3) is 5.91 Å². The van der Waals surface area contributed by atoms with Crippen LogP contribution in [0.3, 0.4) is 0 Å². The maximum Gasteiger partial charge on any atom is 0.252 e. The second-order valence-corrected chi connectivity index (χ2v) is 7.57. The molecule has 3 N–H and O–H groups in total. The van der Waals surface area contributed by atoms with E-state index < -0.39 is 12.1 Å². The minimum Gasteiger partial charge on any atom is -0.496 e. The Labute approximate surface area is 175 Å². The van der Waals surface area contributed by atoms with Crippen LogP contribution in [0.2, 0.25) is 0 Å². The highest BCUT2D eigenvalue weighted by Crippen LogP contribution is 2.25. The molecule has 2 heterocycles. The van der Waals surface area contributed by atoms with Crippen molar-refractivity contribution in [1.29, 1.82) is 0 Å². The number of nitrogens with one attached hydrogen (secondary N) is 3. The third-order valence-electron chi connectivity index (χ3n) is 5.47. The molecule has 164 valence electrons. The molecule has 30 heavy (non-hydrogen) atoms. The quantitative estimate of drug-likeness (QED) is 0.580. The number of hydrogen-bond acceptors (Lipinski definition) is 6. The number of para-hydroxylation sites is 1. The van der Waals surface area contributed by atoms with Gasteiger partial charge in [-0.2, -0.15) is 0 Å². The molecule has 2 aliphatic rings. The van der Waals surface area contributed by atoms with Crippen LogP contribution in [0.1, 0.15) is 24.9 Å². The molecule has 3 amide bonds. The predicted octanol–water partition coefficient (Wildman–Crippen LogP) is 0.156. The Hall–Kier alpha value is -2.65. The predicted molar refractivity (Wildman–Crippen MR) is 108 cm³/mol. The number of piperidine rings is 1. The molecule has 0 saturated carbocycles. The van der Waals surface area contributed by atoms with Crippen molar-refractivity contribution >= 4 is 17.7 Å². The number of carbonyl (C=O) groups is 3. The topological polar surface area (TPSA) is 115 Å². The molecule has 0 spiro atoms. The number of amides is 3. The van der Waals surface area contributed by atoms with E-state index in [4.69, 9.17) is 14.2 Å². The van der Waals surface area contributed by atoms with Gasteiger partial charge in [0.05, 0.1) is 38.9 Å². The standard InChI is InChI=1S/C21H29N3O6/c1-13-9-19(25)22-10-15(13)20(26)23-11-16(14-5-3-4-6-17(14)28-2)24-21(27)18-12-29-7-8-30-18/h3-6,13,15-16,18H,7-12H2,1-2H3,(H,22,25)(H,23,26)(H,24,27). The smallest absolute Gasteiger partial charge is 0.252 e. The van der Waals surface area contributed by atoms with Crippen molar-refractivity contribution in [3.63, 3.8) is 0 Å². The average Bonchev–Trinajstić information content (AvgIpc) is 2.76. The number of benzene rings is 1. The van der Waals surface area contributed by atoms with Gasteiger partial charge in [-0.15, -0.1) is 0 Å². The van der Waals surface area contributed by atoms with E-state index >= 15 is 0 Å². The third kappa shape index (κ3) is 5.48. The molecule has 0 bridgehead atoms. The molecular weight excluding hydrogens is 390 g/mol. The van der Waals surface area contributed by atoms with E-state index in [0.29, 0.717) is 31.9 Å². The maximum atomic E-state index is 12.7. The van der Waals surface area contributed by atoms with Crippen LogP contribution >= 0.6 is 0 Å². The van der Waals surface area contributed by atoms with E-state index in [-0.39, 0.29) is 42.7 Å². The van der Waals surface area contributed by atoms with Crippen molar-refractivity contribution in [1.82, 2.24) is 16.0 Å². The van der Waals surface area contributed by atoms with Crippen LogP contribution < -0.4 is 20.7 Å². The Morgan fingerprint density at radius 1 is 1.27 bits per heavy atom. The monoisotopic (exact) mass is 419 g/mol. The highest BCUT2D eigenvalue weighted by Gasteiger charge is 2.32. The molecule has 1 aromatic carbocycles. The van der Waals surface area contributed by atoms with E-state index in [1.165, 1.54) is 0 Å². The highest BCUT2D eigenvalue weighted by molar-refractivity contribution is 5.84. The largest absolute Gasteiger partial charge is 0.496 e. The Kier molecular flexibility index (Phi) is 7.64. The summed E-state index contributed by atoms with van der Waals surface area (Å²) in [6.45, 7) is 3.39. The van der Waals surface area contributed by atoms with Gasteiger partial charge >= 0.3 is 0 Å². The highest BCUT2D eigenvalue weighted by atomic mass is 16.6. The van der Waals surface area contributed by atoms with Crippen LogP contribution in [-0.4, -0.2) is 63.8 Å². The first-order valence-electron chi connectivity index (χ1n) is 10.2. The zero-order chi connectivity index (χ0) is 21.5. The van der Waals surface area contributed by atoms with Gasteiger partial charge in [0, 0.05) is 25.1 Å². The van der Waals surface area contributed by atoms with Crippen molar-refractivity contribution in [2.45, 2.75) is 25.5 Å². The van der Waals surface area contributed by atoms with Crippen molar-refractivity contribution in [2.75, 3.05) is 40.0 Å². The Bertz CT molecular complexity index is 765. The first-order valence-corrected chi connectivity index (χ1v) is 10.2. The van der Waals surface area contributed by atoms with Crippen LogP contribution in [-0.2, 0) is 23.9 Å². The number of hydrogen-bond donors (Lipinski definition) is 3.